The Bertz CT molecular complexity index is 1420. The molecule has 2 heterocycles. The fraction of sp³-hybridized carbons (Fsp3) is 0.577. The second-order valence-corrected chi connectivity index (χ2v) is 10.8. The van der Waals surface area contributed by atoms with Crippen molar-refractivity contribution in [1.82, 2.24) is 18.7 Å². The van der Waals surface area contributed by atoms with Crippen LogP contribution >= 0.6 is 0 Å². The minimum atomic E-state index is -0.403. The maximum Gasteiger partial charge on any atom is 0.332 e. The fourth-order valence-corrected chi connectivity index (χ4v) is 6.77. The maximum absolute atomic E-state index is 14.1. The van der Waals surface area contributed by atoms with Crippen LogP contribution in [0.25, 0.3) is 11.2 Å². The van der Waals surface area contributed by atoms with Crippen LogP contribution in [0.15, 0.2) is 27.8 Å². The molecule has 1 N–H and O–H groups in total. The first-order chi connectivity index (χ1) is 16.3. The largest absolute Gasteiger partial charge is 0.352 e. The summed E-state index contributed by atoms with van der Waals surface area (Å²) in [6.45, 7) is 2.24. The van der Waals surface area contributed by atoms with E-state index in [1.165, 1.54) is 62.3 Å². The van der Waals surface area contributed by atoms with E-state index >= 15 is 0 Å². The van der Waals surface area contributed by atoms with Crippen LogP contribution in [0.1, 0.15) is 56.1 Å². The lowest BCUT2D eigenvalue weighted by Gasteiger charge is -2.41. The lowest BCUT2D eigenvalue weighted by Crippen LogP contribution is -2.37. The number of anilines is 1. The van der Waals surface area contributed by atoms with Gasteiger partial charge >= 0.3 is 5.69 Å². The highest BCUT2D eigenvalue weighted by Crippen LogP contribution is 2.66. The fourth-order valence-electron chi connectivity index (χ4n) is 6.77. The highest BCUT2D eigenvalue weighted by atomic mass is 19.1. The number of hydrogen-bond donors (Lipinski definition) is 1. The molecule has 4 atom stereocenters. The smallest absolute Gasteiger partial charge is 0.332 e. The van der Waals surface area contributed by atoms with Gasteiger partial charge in [0, 0.05) is 20.1 Å². The molecule has 180 valence electrons. The number of benzene rings is 1. The van der Waals surface area contributed by atoms with Gasteiger partial charge in [-0.25, -0.2) is 9.18 Å². The van der Waals surface area contributed by atoms with Gasteiger partial charge in [-0.1, -0.05) is 25.3 Å². The summed E-state index contributed by atoms with van der Waals surface area (Å²) in [5.74, 6) is 1.93. The molecule has 7 nitrogen and oxygen atoms in total. The number of imidazole rings is 1. The van der Waals surface area contributed by atoms with Crippen LogP contribution < -0.4 is 16.6 Å². The lowest BCUT2D eigenvalue weighted by molar-refractivity contribution is 0.0892. The zero-order valence-corrected chi connectivity index (χ0v) is 20.1. The van der Waals surface area contributed by atoms with E-state index in [-0.39, 0.29) is 11.4 Å². The predicted molar refractivity (Wildman–Crippen MR) is 130 cm³/mol. The molecule has 2 aromatic heterocycles. The maximum atomic E-state index is 14.1. The number of rotatable bonds is 4. The van der Waals surface area contributed by atoms with Crippen LogP contribution in [-0.2, 0) is 20.6 Å². The molecule has 0 aliphatic heterocycles. The van der Waals surface area contributed by atoms with Crippen molar-refractivity contribution in [3.63, 3.8) is 0 Å². The molecule has 0 saturated heterocycles. The Morgan fingerprint density at radius 1 is 1.15 bits per heavy atom. The van der Waals surface area contributed by atoms with Crippen molar-refractivity contribution in [3.05, 3.63) is 56.0 Å². The molecular weight excluding hydrogens is 433 g/mol. The Kier molecular flexibility index (Phi) is 4.80. The Morgan fingerprint density at radius 3 is 2.74 bits per heavy atom. The first-order valence-corrected chi connectivity index (χ1v) is 12.5. The van der Waals surface area contributed by atoms with Crippen LogP contribution in [0, 0.1) is 30.0 Å². The minimum absolute atomic E-state index is 0.307. The summed E-state index contributed by atoms with van der Waals surface area (Å²) < 4.78 is 18.5. The Hall–Kier alpha value is -2.90. The van der Waals surface area contributed by atoms with Crippen LogP contribution in [0.5, 0.6) is 0 Å². The second-order valence-electron chi connectivity index (χ2n) is 10.8. The van der Waals surface area contributed by atoms with E-state index in [9.17, 15) is 14.0 Å². The summed E-state index contributed by atoms with van der Waals surface area (Å²) in [6.07, 6.45) is 9.01. The van der Waals surface area contributed by atoms with E-state index < -0.39 is 5.69 Å². The predicted octanol–water partition coefficient (Wildman–Crippen LogP) is 3.70. The average Bonchev–Trinajstić information content (AvgIpc) is 3.37. The molecule has 1 aromatic carbocycles. The van der Waals surface area contributed by atoms with Gasteiger partial charge in [-0.3, -0.25) is 18.5 Å². The number of aryl methyl sites for hydroxylation is 2. The molecule has 3 aliphatic carbocycles. The highest BCUT2D eigenvalue weighted by molar-refractivity contribution is 5.74. The SMILES string of the molecule is Cc1ccc(F)cc1Cn1c(N[C@H]2CC23CCCCC2CCC23)nc2c1c(=O)n(C)c(=O)n2C. The van der Waals surface area contributed by atoms with Gasteiger partial charge < -0.3 is 5.32 Å². The van der Waals surface area contributed by atoms with Crippen molar-refractivity contribution in [1.29, 1.82) is 0 Å². The normalized spacial score (nSPS) is 27.9. The number of fused-ring (bicyclic) bond motifs is 3. The third kappa shape index (κ3) is 3.10. The second kappa shape index (κ2) is 7.55. The van der Waals surface area contributed by atoms with Gasteiger partial charge in [0.1, 0.15) is 5.82 Å². The molecule has 3 fully saturated rings. The summed E-state index contributed by atoms with van der Waals surface area (Å²) >= 11 is 0. The van der Waals surface area contributed by atoms with E-state index in [2.05, 4.69) is 5.32 Å². The van der Waals surface area contributed by atoms with E-state index in [0.29, 0.717) is 35.1 Å². The van der Waals surface area contributed by atoms with Crippen LogP contribution in [0.3, 0.4) is 0 Å². The van der Waals surface area contributed by atoms with Crippen molar-refractivity contribution < 1.29 is 4.39 Å². The summed E-state index contributed by atoms with van der Waals surface area (Å²) in [5, 5.41) is 3.69. The number of nitrogens with zero attached hydrogens (tertiary/aromatic N) is 4. The molecule has 1 spiro atoms. The molecule has 8 heteroatoms. The molecule has 6 rings (SSSR count). The Balaban J connectivity index is 1.45. The lowest BCUT2D eigenvalue weighted by atomic mass is 9.64. The highest BCUT2D eigenvalue weighted by Gasteiger charge is 2.62. The number of aromatic nitrogens is 4. The number of halogens is 1. The standard InChI is InChI=1S/C26H32FN5O2/c1-15-7-9-18(27)12-17(15)14-32-21-22(30(2)25(34)31(3)23(21)33)29-24(32)28-20-13-26(20)11-5-4-6-16-8-10-19(16)26/h7,9,12,16,19-20H,4-6,8,10-11,13-14H2,1-3H3,(H,28,29)/t16?,19?,20-,26?/m0/s1. The van der Waals surface area contributed by atoms with Gasteiger partial charge in [-0.05, 0) is 73.1 Å². The first kappa shape index (κ1) is 21.6. The minimum Gasteiger partial charge on any atom is -0.352 e. The molecule has 3 unspecified atom stereocenters. The molecule has 3 aromatic rings. The summed E-state index contributed by atoms with van der Waals surface area (Å²) in [5.41, 5.74) is 2.01. The molecule has 3 aliphatic rings. The van der Waals surface area contributed by atoms with Gasteiger partial charge in [-0.15, -0.1) is 0 Å². The van der Waals surface area contributed by atoms with Crippen LogP contribution in [0.4, 0.5) is 10.3 Å². The summed E-state index contributed by atoms with van der Waals surface area (Å²) in [7, 11) is 3.13. The topological polar surface area (TPSA) is 73.8 Å². The van der Waals surface area contributed by atoms with Gasteiger partial charge in [0.25, 0.3) is 5.56 Å². The Morgan fingerprint density at radius 2 is 1.97 bits per heavy atom. The quantitative estimate of drug-likeness (QED) is 0.638. The molecular formula is C26H32FN5O2. The molecule has 0 amide bonds. The third-order valence-electron chi connectivity index (χ3n) is 9.03. The first-order valence-electron chi connectivity index (χ1n) is 12.5. The molecule has 34 heavy (non-hydrogen) atoms. The van der Waals surface area contributed by atoms with Crippen molar-refractivity contribution in [2.45, 2.75) is 64.5 Å². The van der Waals surface area contributed by atoms with Gasteiger partial charge in [-0.2, -0.15) is 4.98 Å². The van der Waals surface area contributed by atoms with Crippen LogP contribution in [-0.4, -0.2) is 24.7 Å². The van der Waals surface area contributed by atoms with E-state index in [1.54, 1.807) is 13.1 Å². The summed E-state index contributed by atoms with van der Waals surface area (Å²) in [4.78, 5) is 30.6. The molecule has 0 bridgehead atoms. The molecule has 3 saturated carbocycles. The zero-order valence-electron chi connectivity index (χ0n) is 20.1. The van der Waals surface area contributed by atoms with E-state index in [0.717, 1.165) is 34.0 Å². The van der Waals surface area contributed by atoms with Crippen molar-refractivity contribution in [3.8, 4) is 0 Å². The number of nitrogens with one attached hydrogen (secondary N) is 1. The van der Waals surface area contributed by atoms with Crippen molar-refractivity contribution in [2.24, 2.45) is 31.3 Å². The van der Waals surface area contributed by atoms with Gasteiger partial charge in [0.2, 0.25) is 5.95 Å². The van der Waals surface area contributed by atoms with Crippen LogP contribution in [0.2, 0.25) is 0 Å². The third-order valence-corrected chi connectivity index (χ3v) is 9.03. The number of hydrogen-bond acceptors (Lipinski definition) is 4. The van der Waals surface area contributed by atoms with Crippen molar-refractivity contribution >= 4 is 17.1 Å². The molecule has 0 radical (unpaired) electrons. The van der Waals surface area contributed by atoms with Crippen molar-refractivity contribution in [2.75, 3.05) is 5.32 Å². The average molecular weight is 466 g/mol. The zero-order chi connectivity index (χ0) is 23.8. The van der Waals surface area contributed by atoms with E-state index in [4.69, 9.17) is 4.98 Å². The van der Waals surface area contributed by atoms with Gasteiger partial charge in [0.05, 0.1) is 6.54 Å². The summed E-state index contributed by atoms with van der Waals surface area (Å²) in [6, 6.07) is 5.04. The van der Waals surface area contributed by atoms with Gasteiger partial charge in [0.15, 0.2) is 11.2 Å². The monoisotopic (exact) mass is 465 g/mol. The van der Waals surface area contributed by atoms with E-state index in [1.807, 2.05) is 11.5 Å². The Labute approximate surface area is 197 Å².